The first-order valence-corrected chi connectivity index (χ1v) is 5.04. The smallest absolute Gasteiger partial charge is 0.333 e. The SMILES string of the molecule is NS(=O)(=O)OCc1cccc(O)c1O. The van der Waals surface area contributed by atoms with Gasteiger partial charge in [-0.3, -0.25) is 4.18 Å². The third-order valence-electron chi connectivity index (χ3n) is 1.48. The van der Waals surface area contributed by atoms with Crippen LogP contribution in [0.4, 0.5) is 0 Å². The highest BCUT2D eigenvalue weighted by Gasteiger charge is 2.09. The van der Waals surface area contributed by atoms with Crippen LogP contribution in [0, 0.1) is 0 Å². The molecule has 0 aliphatic heterocycles. The lowest BCUT2D eigenvalue weighted by Crippen LogP contribution is -2.15. The molecule has 7 heteroatoms. The van der Waals surface area contributed by atoms with Crippen LogP contribution in [0.1, 0.15) is 5.56 Å². The highest BCUT2D eigenvalue weighted by Crippen LogP contribution is 2.28. The Hall–Kier alpha value is -1.31. The van der Waals surface area contributed by atoms with Gasteiger partial charge in [0.1, 0.15) is 0 Å². The fraction of sp³-hybridized carbons (Fsp3) is 0.143. The molecule has 6 nitrogen and oxygen atoms in total. The van der Waals surface area contributed by atoms with Gasteiger partial charge >= 0.3 is 10.3 Å². The lowest BCUT2D eigenvalue weighted by molar-refractivity contribution is 0.299. The lowest BCUT2D eigenvalue weighted by atomic mass is 10.2. The van der Waals surface area contributed by atoms with Crippen LogP contribution in [0.25, 0.3) is 0 Å². The quantitative estimate of drug-likeness (QED) is 0.611. The maximum absolute atomic E-state index is 10.4. The van der Waals surface area contributed by atoms with Crippen molar-refractivity contribution in [2.24, 2.45) is 5.14 Å². The largest absolute Gasteiger partial charge is 0.504 e. The Morgan fingerprint density at radius 3 is 2.57 bits per heavy atom. The minimum Gasteiger partial charge on any atom is -0.504 e. The average molecular weight is 219 g/mol. The third-order valence-corrected chi connectivity index (χ3v) is 1.92. The molecule has 0 aliphatic rings. The summed E-state index contributed by atoms with van der Waals surface area (Å²) in [6, 6.07) is 4.10. The molecule has 1 aromatic carbocycles. The minimum atomic E-state index is -4.04. The van der Waals surface area contributed by atoms with Crippen molar-refractivity contribution in [2.75, 3.05) is 0 Å². The first-order chi connectivity index (χ1) is 6.40. The number of phenols is 2. The summed E-state index contributed by atoms with van der Waals surface area (Å²) in [6.07, 6.45) is 0. The summed E-state index contributed by atoms with van der Waals surface area (Å²) in [4.78, 5) is 0. The van der Waals surface area contributed by atoms with E-state index >= 15 is 0 Å². The fourth-order valence-electron chi connectivity index (χ4n) is 0.840. The standard InChI is InChI=1S/C7H9NO5S/c8-14(11,12)13-4-5-2-1-3-6(9)7(5)10/h1-3,9-10H,4H2,(H2,8,11,12). The minimum absolute atomic E-state index is 0.138. The van der Waals surface area contributed by atoms with Gasteiger partial charge in [-0.1, -0.05) is 12.1 Å². The first kappa shape index (κ1) is 10.8. The zero-order chi connectivity index (χ0) is 10.8. The normalized spacial score (nSPS) is 11.5. The summed E-state index contributed by atoms with van der Waals surface area (Å²) in [5, 5.41) is 22.8. The van der Waals surface area contributed by atoms with Gasteiger partial charge in [0.05, 0.1) is 6.61 Å². The van der Waals surface area contributed by atoms with Gasteiger partial charge < -0.3 is 10.2 Å². The zero-order valence-electron chi connectivity index (χ0n) is 7.04. The number of rotatable bonds is 3. The second kappa shape index (κ2) is 3.82. The van der Waals surface area contributed by atoms with E-state index in [9.17, 15) is 13.5 Å². The predicted molar refractivity (Wildman–Crippen MR) is 47.7 cm³/mol. The van der Waals surface area contributed by atoms with Crippen molar-refractivity contribution in [1.29, 1.82) is 0 Å². The number of phenolic OH excluding ortho intramolecular Hbond substituents is 2. The Kier molecular flexibility index (Phi) is 2.94. The molecule has 0 amide bonds. The highest BCUT2D eigenvalue weighted by atomic mass is 32.2. The maximum atomic E-state index is 10.4. The van der Waals surface area contributed by atoms with Crippen LogP contribution in [0.2, 0.25) is 0 Å². The van der Waals surface area contributed by atoms with Crippen LogP contribution in [-0.2, 0) is 21.1 Å². The van der Waals surface area contributed by atoms with E-state index < -0.39 is 22.7 Å². The molecular formula is C7H9NO5S. The summed E-state index contributed by atoms with van der Waals surface area (Å²) in [5.74, 6) is -0.767. The second-order valence-electron chi connectivity index (χ2n) is 2.54. The van der Waals surface area contributed by atoms with E-state index in [2.05, 4.69) is 9.32 Å². The van der Waals surface area contributed by atoms with Crippen LogP contribution < -0.4 is 5.14 Å². The van der Waals surface area contributed by atoms with Crippen molar-refractivity contribution in [2.45, 2.75) is 6.61 Å². The van der Waals surface area contributed by atoms with Crippen LogP contribution in [-0.4, -0.2) is 18.6 Å². The number of aromatic hydroxyl groups is 2. The Labute approximate surface area is 80.8 Å². The number of benzene rings is 1. The molecule has 0 unspecified atom stereocenters. The molecule has 0 saturated heterocycles. The molecule has 0 aromatic heterocycles. The second-order valence-corrected chi connectivity index (χ2v) is 3.76. The van der Waals surface area contributed by atoms with Crippen LogP contribution >= 0.6 is 0 Å². The fourth-order valence-corrected chi connectivity index (χ4v) is 1.13. The van der Waals surface area contributed by atoms with Gasteiger partial charge in [-0.15, -0.1) is 0 Å². The van der Waals surface area contributed by atoms with E-state index in [0.717, 1.165) is 0 Å². The Balaban J connectivity index is 2.83. The molecule has 78 valence electrons. The van der Waals surface area contributed by atoms with E-state index in [0.29, 0.717) is 0 Å². The Morgan fingerprint density at radius 1 is 1.36 bits per heavy atom. The van der Waals surface area contributed by atoms with Crippen molar-refractivity contribution < 1.29 is 22.8 Å². The van der Waals surface area contributed by atoms with Crippen molar-refractivity contribution in [3.63, 3.8) is 0 Å². The van der Waals surface area contributed by atoms with Gasteiger partial charge in [0, 0.05) is 5.56 Å². The molecule has 0 radical (unpaired) electrons. The molecule has 0 heterocycles. The topological polar surface area (TPSA) is 110 Å². The number of hydrogen-bond acceptors (Lipinski definition) is 5. The molecule has 0 aliphatic carbocycles. The van der Waals surface area contributed by atoms with Crippen molar-refractivity contribution in [3.05, 3.63) is 23.8 Å². The third kappa shape index (κ3) is 2.87. The summed E-state index contributed by atoms with van der Waals surface area (Å²) in [6.45, 7) is -0.418. The van der Waals surface area contributed by atoms with Gasteiger partial charge in [0.25, 0.3) is 0 Å². The molecule has 1 rings (SSSR count). The number of hydrogen-bond donors (Lipinski definition) is 3. The number of para-hydroxylation sites is 1. The summed E-state index contributed by atoms with van der Waals surface area (Å²) < 4.78 is 25.1. The zero-order valence-corrected chi connectivity index (χ0v) is 7.86. The number of nitrogens with two attached hydrogens (primary N) is 1. The summed E-state index contributed by atoms with van der Waals surface area (Å²) >= 11 is 0. The van der Waals surface area contributed by atoms with Gasteiger partial charge in [0.2, 0.25) is 0 Å². The Morgan fingerprint density at radius 2 is 2.00 bits per heavy atom. The van der Waals surface area contributed by atoms with Crippen LogP contribution in [0.3, 0.4) is 0 Å². The Bertz CT molecular complexity index is 428. The molecule has 0 spiro atoms. The summed E-state index contributed by atoms with van der Waals surface area (Å²) in [5.41, 5.74) is 0.138. The first-order valence-electron chi connectivity index (χ1n) is 3.57. The molecule has 0 bridgehead atoms. The highest BCUT2D eigenvalue weighted by molar-refractivity contribution is 7.84. The summed E-state index contributed by atoms with van der Waals surface area (Å²) in [7, 11) is -4.04. The van der Waals surface area contributed by atoms with E-state index in [1.807, 2.05) is 0 Å². The van der Waals surface area contributed by atoms with E-state index in [4.69, 9.17) is 5.11 Å². The van der Waals surface area contributed by atoms with Crippen molar-refractivity contribution in [3.8, 4) is 11.5 Å². The molecule has 4 N–H and O–H groups in total. The molecule has 1 aromatic rings. The van der Waals surface area contributed by atoms with Gasteiger partial charge in [-0.05, 0) is 6.07 Å². The molecule has 0 fully saturated rings. The monoisotopic (exact) mass is 219 g/mol. The lowest BCUT2D eigenvalue weighted by Gasteiger charge is -2.04. The molecule has 0 saturated carbocycles. The van der Waals surface area contributed by atoms with Crippen molar-refractivity contribution in [1.82, 2.24) is 0 Å². The van der Waals surface area contributed by atoms with Gasteiger partial charge in [-0.25, -0.2) is 5.14 Å². The maximum Gasteiger partial charge on any atom is 0.333 e. The van der Waals surface area contributed by atoms with Crippen molar-refractivity contribution >= 4 is 10.3 Å². The van der Waals surface area contributed by atoms with E-state index in [1.165, 1.54) is 18.2 Å². The molecular weight excluding hydrogens is 210 g/mol. The van der Waals surface area contributed by atoms with Crippen LogP contribution in [0.5, 0.6) is 11.5 Å². The predicted octanol–water partition coefficient (Wildman–Crippen LogP) is -0.182. The molecule has 0 atom stereocenters. The van der Waals surface area contributed by atoms with E-state index in [1.54, 1.807) is 0 Å². The molecule has 14 heavy (non-hydrogen) atoms. The van der Waals surface area contributed by atoms with Gasteiger partial charge in [-0.2, -0.15) is 8.42 Å². The van der Waals surface area contributed by atoms with Gasteiger partial charge in [0.15, 0.2) is 11.5 Å². The van der Waals surface area contributed by atoms with Crippen LogP contribution in [0.15, 0.2) is 18.2 Å². The average Bonchev–Trinajstić information content (AvgIpc) is 2.06. The van der Waals surface area contributed by atoms with E-state index in [-0.39, 0.29) is 11.3 Å².